The van der Waals surface area contributed by atoms with Gasteiger partial charge in [-0.05, 0) is 23.8 Å². The van der Waals surface area contributed by atoms with E-state index in [0.29, 0.717) is 6.61 Å². The van der Waals surface area contributed by atoms with Crippen LogP contribution >= 0.6 is 11.8 Å². The molecule has 3 atom stereocenters. The zero-order chi connectivity index (χ0) is 15.9. The molecule has 6 nitrogen and oxygen atoms in total. The van der Waals surface area contributed by atoms with Gasteiger partial charge in [0, 0.05) is 13.3 Å². The molecular formula is C14H25NO5S. The molecule has 1 aliphatic rings. The van der Waals surface area contributed by atoms with Gasteiger partial charge < -0.3 is 19.9 Å². The number of carbonyl (C=O) groups is 2. The quantitative estimate of drug-likeness (QED) is 0.659. The summed E-state index contributed by atoms with van der Waals surface area (Å²) in [7, 11) is 0. The van der Waals surface area contributed by atoms with Crippen LogP contribution in [0.25, 0.3) is 0 Å². The molecule has 1 saturated heterocycles. The molecule has 1 rings (SSSR count). The smallest absolute Gasteiger partial charge is 0.364 e. The second-order valence-electron chi connectivity index (χ2n) is 5.26. The minimum Gasteiger partial charge on any atom is -0.477 e. The molecule has 0 saturated carbocycles. The minimum atomic E-state index is -1.58. The summed E-state index contributed by atoms with van der Waals surface area (Å²) in [5.41, 5.74) is 0. The van der Waals surface area contributed by atoms with E-state index in [2.05, 4.69) is 12.2 Å². The van der Waals surface area contributed by atoms with Crippen molar-refractivity contribution in [3.05, 3.63) is 0 Å². The number of carboxylic acids is 1. The number of nitrogens with one attached hydrogen (secondary N) is 1. The Bertz CT molecular complexity index is 365. The molecule has 0 radical (unpaired) electrons. The summed E-state index contributed by atoms with van der Waals surface area (Å²) in [6, 6.07) is -0.172. The summed E-state index contributed by atoms with van der Waals surface area (Å²) >= 11 is 1.79. The maximum atomic E-state index is 11.5. The van der Waals surface area contributed by atoms with Gasteiger partial charge in [0.15, 0.2) is 0 Å². The van der Waals surface area contributed by atoms with Crippen LogP contribution in [0.2, 0.25) is 0 Å². The molecule has 0 aromatic carbocycles. The summed E-state index contributed by atoms with van der Waals surface area (Å²) in [6.45, 7) is 5.93. The van der Waals surface area contributed by atoms with Crippen molar-refractivity contribution in [3.63, 3.8) is 0 Å². The van der Waals surface area contributed by atoms with E-state index >= 15 is 0 Å². The molecule has 21 heavy (non-hydrogen) atoms. The van der Waals surface area contributed by atoms with Crippen molar-refractivity contribution >= 4 is 23.6 Å². The minimum absolute atomic E-state index is 0.0243. The van der Waals surface area contributed by atoms with Crippen molar-refractivity contribution in [1.29, 1.82) is 0 Å². The highest BCUT2D eigenvalue weighted by Crippen LogP contribution is 2.31. The lowest BCUT2D eigenvalue weighted by atomic mass is 9.90. The van der Waals surface area contributed by atoms with E-state index in [9.17, 15) is 14.7 Å². The first-order chi connectivity index (χ1) is 9.91. The summed E-state index contributed by atoms with van der Waals surface area (Å²) in [5, 5.41) is 12.2. The Kier molecular flexibility index (Phi) is 7.48. The molecular weight excluding hydrogens is 294 g/mol. The molecule has 0 unspecified atom stereocenters. The van der Waals surface area contributed by atoms with Gasteiger partial charge in [-0.3, -0.25) is 4.79 Å². The molecule has 1 fully saturated rings. The molecule has 2 N–H and O–H groups in total. The van der Waals surface area contributed by atoms with Crippen LogP contribution in [-0.4, -0.2) is 53.5 Å². The van der Waals surface area contributed by atoms with Crippen molar-refractivity contribution in [2.24, 2.45) is 5.92 Å². The number of hydrogen-bond acceptors (Lipinski definition) is 5. The van der Waals surface area contributed by atoms with E-state index in [4.69, 9.17) is 9.47 Å². The fourth-order valence-corrected chi connectivity index (χ4v) is 2.92. The Hall–Kier alpha value is -0.790. The van der Waals surface area contributed by atoms with Crippen molar-refractivity contribution < 1.29 is 24.2 Å². The van der Waals surface area contributed by atoms with Crippen molar-refractivity contribution in [2.45, 2.75) is 45.4 Å². The van der Waals surface area contributed by atoms with Crippen molar-refractivity contribution in [3.8, 4) is 0 Å². The molecule has 7 heteroatoms. The number of ether oxygens (including phenoxy) is 2. The Morgan fingerprint density at radius 2 is 2.24 bits per heavy atom. The molecule has 1 amide bonds. The van der Waals surface area contributed by atoms with Gasteiger partial charge in [0.05, 0.1) is 19.3 Å². The van der Waals surface area contributed by atoms with Crippen molar-refractivity contribution in [2.75, 3.05) is 24.7 Å². The number of thioether (sulfide) groups is 1. The van der Waals surface area contributed by atoms with Crippen LogP contribution in [0.3, 0.4) is 0 Å². The lowest BCUT2D eigenvalue weighted by molar-refractivity contribution is -0.267. The molecule has 1 heterocycles. The number of amides is 1. The number of carboxylic acid groups (broad SMARTS) is 1. The highest BCUT2D eigenvalue weighted by molar-refractivity contribution is 7.99. The third-order valence-corrected chi connectivity index (χ3v) is 4.45. The van der Waals surface area contributed by atoms with Crippen LogP contribution in [0.4, 0.5) is 0 Å². The zero-order valence-electron chi connectivity index (χ0n) is 12.9. The molecule has 1 aliphatic heterocycles. The van der Waals surface area contributed by atoms with Gasteiger partial charge >= 0.3 is 5.97 Å². The first kappa shape index (κ1) is 18.3. The predicted molar refractivity (Wildman–Crippen MR) is 81.3 cm³/mol. The average Bonchev–Trinajstić information content (AvgIpc) is 2.41. The topological polar surface area (TPSA) is 84.9 Å². The highest BCUT2D eigenvalue weighted by Gasteiger charge is 2.48. The number of aliphatic carboxylic acids is 1. The van der Waals surface area contributed by atoms with Gasteiger partial charge in [-0.15, -0.1) is 0 Å². The number of hydrogen-bond donors (Lipinski definition) is 2. The first-order valence-corrected chi connectivity index (χ1v) is 8.43. The van der Waals surface area contributed by atoms with Crippen LogP contribution in [0.15, 0.2) is 0 Å². The number of carbonyl (C=O) groups excluding carboxylic acids is 1. The van der Waals surface area contributed by atoms with E-state index < -0.39 is 11.8 Å². The monoisotopic (exact) mass is 319 g/mol. The van der Waals surface area contributed by atoms with E-state index in [1.165, 1.54) is 6.92 Å². The SMILES string of the molecule is CCSCCCO[C@]1(C(=O)O)C[C@H](C)[C@@H](NC(C)=O)CO1. The third kappa shape index (κ3) is 5.48. The lowest BCUT2D eigenvalue weighted by Crippen LogP contribution is -2.56. The van der Waals surface area contributed by atoms with Crippen LogP contribution in [0.1, 0.15) is 33.6 Å². The summed E-state index contributed by atoms with van der Waals surface area (Å²) in [5.74, 6) is -0.865. The van der Waals surface area contributed by atoms with E-state index in [0.717, 1.165) is 17.9 Å². The molecule has 122 valence electrons. The fraction of sp³-hybridized carbons (Fsp3) is 0.857. The first-order valence-electron chi connectivity index (χ1n) is 7.27. The normalized spacial score (nSPS) is 29.1. The predicted octanol–water partition coefficient (Wildman–Crippen LogP) is 1.49. The van der Waals surface area contributed by atoms with Crippen LogP contribution in [-0.2, 0) is 19.1 Å². The Morgan fingerprint density at radius 1 is 1.52 bits per heavy atom. The molecule has 0 aromatic heterocycles. The second-order valence-corrected chi connectivity index (χ2v) is 6.65. The van der Waals surface area contributed by atoms with Crippen LogP contribution in [0, 0.1) is 5.92 Å². The van der Waals surface area contributed by atoms with Gasteiger partial charge in [0.1, 0.15) is 0 Å². The molecule has 0 aromatic rings. The molecule has 0 aliphatic carbocycles. The largest absolute Gasteiger partial charge is 0.477 e. The fourth-order valence-electron chi connectivity index (χ4n) is 2.31. The van der Waals surface area contributed by atoms with Gasteiger partial charge in [-0.1, -0.05) is 13.8 Å². The maximum Gasteiger partial charge on any atom is 0.364 e. The van der Waals surface area contributed by atoms with Gasteiger partial charge in [-0.2, -0.15) is 11.8 Å². The summed E-state index contributed by atoms with van der Waals surface area (Å²) < 4.78 is 11.0. The Balaban J connectivity index is 2.54. The molecule has 0 bridgehead atoms. The van der Waals surface area contributed by atoms with Gasteiger partial charge in [0.25, 0.3) is 5.79 Å². The van der Waals surface area contributed by atoms with Crippen LogP contribution < -0.4 is 5.32 Å². The summed E-state index contributed by atoms with van der Waals surface area (Å²) in [4.78, 5) is 22.6. The molecule has 0 spiro atoms. The zero-order valence-corrected chi connectivity index (χ0v) is 13.7. The van der Waals surface area contributed by atoms with Gasteiger partial charge in [0.2, 0.25) is 5.91 Å². The Labute approximate surface area is 129 Å². The second kappa shape index (κ2) is 8.60. The van der Waals surface area contributed by atoms with E-state index in [-0.39, 0.29) is 30.9 Å². The third-order valence-electron chi connectivity index (χ3n) is 3.46. The Morgan fingerprint density at radius 3 is 2.76 bits per heavy atom. The van der Waals surface area contributed by atoms with Crippen LogP contribution in [0.5, 0.6) is 0 Å². The summed E-state index contributed by atoms with van der Waals surface area (Å²) in [6.07, 6.45) is 1.02. The average molecular weight is 319 g/mol. The lowest BCUT2D eigenvalue weighted by Gasteiger charge is -2.40. The number of rotatable bonds is 8. The van der Waals surface area contributed by atoms with Gasteiger partial charge in [-0.25, -0.2) is 4.79 Å². The van der Waals surface area contributed by atoms with Crippen molar-refractivity contribution in [1.82, 2.24) is 5.32 Å². The van der Waals surface area contributed by atoms with E-state index in [1.54, 1.807) is 11.8 Å². The standard InChI is InChI=1S/C14H25NO5S/c1-4-21-7-5-6-19-14(13(17)18)8-10(2)12(9-20-14)15-11(3)16/h10,12H,4-9H2,1-3H3,(H,15,16)(H,17,18)/t10-,12-,14+/m0/s1. The highest BCUT2D eigenvalue weighted by atomic mass is 32.2. The maximum absolute atomic E-state index is 11.5. The van der Waals surface area contributed by atoms with E-state index in [1.807, 2.05) is 6.92 Å².